The Bertz CT molecular complexity index is 1020. The summed E-state index contributed by atoms with van der Waals surface area (Å²) in [6.45, 7) is 3.24. The fourth-order valence-electron chi connectivity index (χ4n) is 3.92. The van der Waals surface area contributed by atoms with Gasteiger partial charge in [0.25, 0.3) is 5.91 Å². The van der Waals surface area contributed by atoms with Crippen LogP contribution in [0.2, 0.25) is 0 Å². The third-order valence-electron chi connectivity index (χ3n) is 5.51. The first-order valence-electron chi connectivity index (χ1n) is 10.1. The van der Waals surface area contributed by atoms with E-state index in [1.807, 2.05) is 41.7 Å². The van der Waals surface area contributed by atoms with E-state index in [9.17, 15) is 9.59 Å². The molecule has 1 aliphatic rings. The summed E-state index contributed by atoms with van der Waals surface area (Å²) in [6, 6.07) is 22.3. The first-order chi connectivity index (χ1) is 14.1. The summed E-state index contributed by atoms with van der Waals surface area (Å²) in [5.41, 5.74) is 2.87. The minimum atomic E-state index is -0.0397. The first kappa shape index (κ1) is 19.2. The summed E-state index contributed by atoms with van der Waals surface area (Å²) in [5.74, 6) is 0.126. The van der Waals surface area contributed by atoms with E-state index in [0.29, 0.717) is 13.0 Å². The van der Waals surface area contributed by atoms with Crippen molar-refractivity contribution in [2.24, 2.45) is 0 Å². The van der Waals surface area contributed by atoms with Crippen molar-refractivity contribution in [3.8, 4) is 0 Å². The molecule has 1 saturated heterocycles. The van der Waals surface area contributed by atoms with E-state index in [0.717, 1.165) is 24.3 Å². The fraction of sp³-hybridized carbons (Fsp3) is 0.250. The molecule has 5 nitrogen and oxygen atoms in total. The molecule has 2 amide bonds. The predicted molar refractivity (Wildman–Crippen MR) is 116 cm³/mol. The number of carbonyl (C=O) groups is 2. The van der Waals surface area contributed by atoms with Crippen molar-refractivity contribution < 1.29 is 14.9 Å². The Hall–Kier alpha value is -3.18. The average Bonchev–Trinajstić information content (AvgIpc) is 3.18. The molecule has 0 saturated carbocycles. The molecule has 0 aromatic heterocycles. The number of carbonyl (C=O) groups excluding carboxylic acids is 2. The van der Waals surface area contributed by atoms with Crippen molar-refractivity contribution in [3.05, 3.63) is 72.3 Å². The normalized spacial score (nSPS) is 14.9. The van der Waals surface area contributed by atoms with Gasteiger partial charge in [0.05, 0.1) is 0 Å². The molecule has 3 aromatic carbocycles. The van der Waals surface area contributed by atoms with Gasteiger partial charge in [-0.05, 0) is 48.4 Å². The van der Waals surface area contributed by atoms with Crippen LogP contribution in [0.25, 0.3) is 10.8 Å². The van der Waals surface area contributed by atoms with Gasteiger partial charge in [-0.25, -0.2) is 0 Å². The number of anilines is 2. The highest BCUT2D eigenvalue weighted by Gasteiger charge is 2.21. The molecule has 3 aromatic rings. The number of hydrogen-bond donors (Lipinski definition) is 2. The minimum Gasteiger partial charge on any atom is -0.332 e. The molecule has 148 valence electrons. The Morgan fingerprint density at radius 2 is 1.83 bits per heavy atom. The third kappa shape index (κ3) is 4.30. The monoisotopic (exact) mass is 388 g/mol. The van der Waals surface area contributed by atoms with Gasteiger partial charge in [0.2, 0.25) is 5.91 Å². The van der Waals surface area contributed by atoms with Crippen molar-refractivity contribution in [2.75, 3.05) is 23.3 Å². The van der Waals surface area contributed by atoms with Gasteiger partial charge < -0.3 is 15.5 Å². The summed E-state index contributed by atoms with van der Waals surface area (Å²) in [4.78, 5) is 26.0. The number of nitrogens with zero attached hydrogens (tertiary/aromatic N) is 1. The Morgan fingerprint density at radius 3 is 2.59 bits per heavy atom. The maximum absolute atomic E-state index is 12.4. The Balaban J connectivity index is 1.34. The van der Waals surface area contributed by atoms with Gasteiger partial charge in [-0.15, -0.1) is 0 Å². The fourth-order valence-corrected chi connectivity index (χ4v) is 3.92. The van der Waals surface area contributed by atoms with Crippen molar-refractivity contribution in [3.63, 3.8) is 0 Å². The molecule has 1 atom stereocenters. The number of fused-ring (bicyclic) bond motifs is 1. The number of amides is 2. The van der Waals surface area contributed by atoms with Crippen molar-refractivity contribution in [2.45, 2.75) is 25.8 Å². The quantitative estimate of drug-likeness (QED) is 0.681. The predicted octanol–water partition coefficient (Wildman–Crippen LogP) is 3.23. The Morgan fingerprint density at radius 1 is 1.07 bits per heavy atom. The van der Waals surface area contributed by atoms with Crippen LogP contribution in [0, 0.1) is 0 Å². The lowest BCUT2D eigenvalue weighted by Crippen LogP contribution is -2.86. The summed E-state index contributed by atoms with van der Waals surface area (Å²) in [7, 11) is 0. The van der Waals surface area contributed by atoms with Crippen LogP contribution in [-0.2, 0) is 9.59 Å². The molecule has 29 heavy (non-hydrogen) atoms. The highest BCUT2D eigenvalue weighted by Crippen LogP contribution is 2.23. The summed E-state index contributed by atoms with van der Waals surface area (Å²) >= 11 is 0. The molecule has 1 fully saturated rings. The van der Waals surface area contributed by atoms with Crippen LogP contribution >= 0.6 is 0 Å². The van der Waals surface area contributed by atoms with Gasteiger partial charge in [-0.1, -0.05) is 42.5 Å². The molecule has 3 N–H and O–H groups in total. The number of rotatable bonds is 6. The largest absolute Gasteiger partial charge is 0.332 e. The van der Waals surface area contributed by atoms with E-state index in [1.165, 1.54) is 16.3 Å². The SMILES string of the molecule is C[C@H]([NH2+]CC(=O)Nc1ccc(N2CCCC2=O)cc1)c1cccc2ccccc12. The van der Waals surface area contributed by atoms with Gasteiger partial charge in [-0.2, -0.15) is 0 Å². The summed E-state index contributed by atoms with van der Waals surface area (Å²) in [5, 5.41) is 7.43. The number of nitrogens with two attached hydrogens (primary N) is 1. The molecule has 0 spiro atoms. The molecule has 0 radical (unpaired) electrons. The summed E-state index contributed by atoms with van der Waals surface area (Å²) in [6.07, 6.45) is 1.52. The zero-order chi connectivity index (χ0) is 20.2. The third-order valence-corrected chi connectivity index (χ3v) is 5.51. The Kier molecular flexibility index (Phi) is 5.58. The van der Waals surface area contributed by atoms with E-state index in [1.54, 1.807) is 4.90 Å². The van der Waals surface area contributed by atoms with Crippen LogP contribution in [0.3, 0.4) is 0 Å². The lowest BCUT2D eigenvalue weighted by Gasteiger charge is -2.16. The van der Waals surface area contributed by atoms with Crippen molar-refractivity contribution in [1.29, 1.82) is 0 Å². The van der Waals surface area contributed by atoms with E-state index >= 15 is 0 Å². The van der Waals surface area contributed by atoms with Gasteiger partial charge in [0.15, 0.2) is 6.54 Å². The number of hydrogen-bond acceptors (Lipinski definition) is 2. The first-order valence-corrected chi connectivity index (χ1v) is 10.1. The van der Waals surface area contributed by atoms with Crippen LogP contribution in [0.1, 0.15) is 31.4 Å². The second-order valence-electron chi connectivity index (χ2n) is 7.54. The van der Waals surface area contributed by atoms with Gasteiger partial charge in [0.1, 0.15) is 6.04 Å². The summed E-state index contributed by atoms with van der Waals surface area (Å²) < 4.78 is 0. The van der Waals surface area contributed by atoms with E-state index in [-0.39, 0.29) is 17.9 Å². The van der Waals surface area contributed by atoms with E-state index in [2.05, 4.69) is 42.6 Å². The minimum absolute atomic E-state index is 0.0397. The highest BCUT2D eigenvalue weighted by molar-refractivity contribution is 5.96. The molecular weight excluding hydrogens is 362 g/mol. The Labute approximate surface area is 170 Å². The molecular formula is C24H26N3O2+. The second-order valence-corrected chi connectivity index (χ2v) is 7.54. The molecule has 4 rings (SSSR count). The van der Waals surface area contributed by atoms with E-state index < -0.39 is 0 Å². The number of quaternary nitrogens is 1. The van der Waals surface area contributed by atoms with Crippen molar-refractivity contribution >= 4 is 34.0 Å². The zero-order valence-corrected chi connectivity index (χ0v) is 16.6. The number of benzene rings is 3. The molecule has 0 unspecified atom stereocenters. The lowest BCUT2D eigenvalue weighted by atomic mass is 10.00. The number of nitrogens with one attached hydrogen (secondary N) is 1. The lowest BCUT2D eigenvalue weighted by molar-refractivity contribution is -0.682. The van der Waals surface area contributed by atoms with Crippen LogP contribution < -0.4 is 15.5 Å². The smallest absolute Gasteiger partial charge is 0.279 e. The van der Waals surface area contributed by atoms with Crippen molar-refractivity contribution in [1.82, 2.24) is 0 Å². The maximum Gasteiger partial charge on any atom is 0.279 e. The van der Waals surface area contributed by atoms with Crippen LogP contribution in [0.5, 0.6) is 0 Å². The average molecular weight is 388 g/mol. The van der Waals surface area contributed by atoms with Crippen LogP contribution in [0.15, 0.2) is 66.7 Å². The molecule has 1 heterocycles. The maximum atomic E-state index is 12.4. The second kappa shape index (κ2) is 8.45. The van der Waals surface area contributed by atoms with Crippen LogP contribution in [-0.4, -0.2) is 24.9 Å². The van der Waals surface area contributed by atoms with Crippen LogP contribution in [0.4, 0.5) is 11.4 Å². The molecule has 1 aliphatic heterocycles. The topological polar surface area (TPSA) is 66.0 Å². The standard InChI is InChI=1S/C24H25N3O2/c1-17(21-9-4-7-18-6-2-3-8-22(18)21)25-16-23(28)26-19-11-13-20(14-12-19)27-15-5-10-24(27)29/h2-4,6-9,11-14,17,25H,5,10,15-16H2,1H3,(H,26,28)/p+1/t17-/m0/s1. The van der Waals surface area contributed by atoms with Gasteiger partial charge in [-0.3, -0.25) is 9.59 Å². The molecule has 0 aliphatic carbocycles. The molecule has 0 bridgehead atoms. The van der Waals surface area contributed by atoms with E-state index in [4.69, 9.17) is 0 Å². The van der Waals surface area contributed by atoms with Gasteiger partial charge in [0, 0.05) is 29.9 Å². The van der Waals surface area contributed by atoms with Gasteiger partial charge >= 0.3 is 0 Å². The highest BCUT2D eigenvalue weighted by atomic mass is 16.2. The molecule has 5 heteroatoms. The zero-order valence-electron chi connectivity index (χ0n) is 16.6.